The minimum atomic E-state index is 0.00902. The van der Waals surface area contributed by atoms with Crippen molar-refractivity contribution in [2.24, 2.45) is 5.92 Å². The Hall–Kier alpha value is -0.120. The zero-order chi connectivity index (χ0) is 13.7. The minimum Gasteiger partial charge on any atom is -0.394 e. The van der Waals surface area contributed by atoms with Crippen LogP contribution in [-0.4, -0.2) is 48.3 Å². The normalized spacial score (nSPS) is 32.5. The molecule has 2 rings (SSSR count). The van der Waals surface area contributed by atoms with Crippen LogP contribution in [0.5, 0.6) is 0 Å². The van der Waals surface area contributed by atoms with Crippen LogP contribution in [0.25, 0.3) is 0 Å². The van der Waals surface area contributed by atoms with Crippen molar-refractivity contribution in [3.8, 4) is 0 Å². The number of nitrogens with zero attached hydrogens (tertiary/aromatic N) is 1. The summed E-state index contributed by atoms with van der Waals surface area (Å²) in [4.78, 5) is 2.68. The molecule has 2 N–H and O–H groups in total. The maximum absolute atomic E-state index is 9.74. The molecule has 2 atom stereocenters. The van der Waals surface area contributed by atoms with Crippen LogP contribution in [0.1, 0.15) is 58.3 Å². The maximum Gasteiger partial charge on any atom is 0.0615 e. The highest BCUT2D eigenvalue weighted by atomic mass is 16.3. The van der Waals surface area contributed by atoms with Crippen LogP contribution in [0.15, 0.2) is 0 Å². The van der Waals surface area contributed by atoms with Crippen molar-refractivity contribution in [2.75, 3.05) is 26.7 Å². The first-order chi connectivity index (χ1) is 9.25. The van der Waals surface area contributed by atoms with Crippen LogP contribution in [0, 0.1) is 5.92 Å². The summed E-state index contributed by atoms with van der Waals surface area (Å²) < 4.78 is 0. The Morgan fingerprint density at radius 1 is 1.21 bits per heavy atom. The van der Waals surface area contributed by atoms with Gasteiger partial charge in [0.15, 0.2) is 0 Å². The maximum atomic E-state index is 9.74. The van der Waals surface area contributed by atoms with E-state index in [0.29, 0.717) is 12.5 Å². The zero-order valence-electron chi connectivity index (χ0n) is 12.8. The minimum absolute atomic E-state index is 0.00902. The smallest absolute Gasteiger partial charge is 0.0615 e. The molecule has 0 aromatic carbocycles. The largest absolute Gasteiger partial charge is 0.394 e. The van der Waals surface area contributed by atoms with E-state index in [-0.39, 0.29) is 5.54 Å². The molecular weight excluding hydrogens is 236 g/mol. The summed E-state index contributed by atoms with van der Waals surface area (Å²) in [6.45, 7) is 4.99. The molecule has 112 valence electrons. The van der Waals surface area contributed by atoms with Crippen LogP contribution in [0.4, 0.5) is 0 Å². The molecule has 0 spiro atoms. The van der Waals surface area contributed by atoms with E-state index in [4.69, 9.17) is 0 Å². The van der Waals surface area contributed by atoms with Gasteiger partial charge in [-0.05, 0) is 58.2 Å². The van der Waals surface area contributed by atoms with Gasteiger partial charge in [0.05, 0.1) is 6.61 Å². The molecule has 0 radical (unpaired) electrons. The summed E-state index contributed by atoms with van der Waals surface area (Å²) >= 11 is 0. The molecule has 2 aliphatic rings. The highest BCUT2D eigenvalue weighted by Gasteiger charge is 2.40. The molecule has 0 aromatic rings. The number of rotatable bonds is 7. The van der Waals surface area contributed by atoms with Gasteiger partial charge in [-0.25, -0.2) is 0 Å². The summed E-state index contributed by atoms with van der Waals surface area (Å²) in [5.41, 5.74) is 0.00902. The van der Waals surface area contributed by atoms with Crippen molar-refractivity contribution < 1.29 is 5.11 Å². The van der Waals surface area contributed by atoms with Crippen molar-refractivity contribution >= 4 is 0 Å². The summed E-state index contributed by atoms with van der Waals surface area (Å²) in [7, 11) is 2.02. The second kappa shape index (κ2) is 7.05. The third kappa shape index (κ3) is 3.32. The molecule has 2 unspecified atom stereocenters. The van der Waals surface area contributed by atoms with Gasteiger partial charge in [0.2, 0.25) is 0 Å². The van der Waals surface area contributed by atoms with E-state index in [1.54, 1.807) is 0 Å². The van der Waals surface area contributed by atoms with Crippen LogP contribution in [0.2, 0.25) is 0 Å². The third-order valence-electron chi connectivity index (χ3n) is 5.75. The van der Waals surface area contributed by atoms with Crippen molar-refractivity contribution in [3.63, 3.8) is 0 Å². The highest BCUT2D eigenvalue weighted by molar-refractivity contribution is 4.98. The summed E-state index contributed by atoms with van der Waals surface area (Å²) in [6.07, 6.45) is 10.6. The summed E-state index contributed by atoms with van der Waals surface area (Å²) in [5, 5.41) is 13.2. The Morgan fingerprint density at radius 3 is 2.53 bits per heavy atom. The number of aliphatic hydroxyl groups is 1. The van der Waals surface area contributed by atoms with Crippen LogP contribution < -0.4 is 5.32 Å². The Morgan fingerprint density at radius 2 is 1.95 bits per heavy atom. The molecule has 3 heteroatoms. The molecule has 0 aliphatic heterocycles. The van der Waals surface area contributed by atoms with Gasteiger partial charge < -0.3 is 15.3 Å². The fraction of sp³-hybridized carbons (Fsp3) is 1.00. The zero-order valence-corrected chi connectivity index (χ0v) is 12.8. The van der Waals surface area contributed by atoms with Gasteiger partial charge in [0.25, 0.3) is 0 Å². The number of hydrogen-bond acceptors (Lipinski definition) is 3. The lowest BCUT2D eigenvalue weighted by Gasteiger charge is -2.36. The van der Waals surface area contributed by atoms with E-state index in [1.807, 2.05) is 7.05 Å². The predicted octanol–water partition coefficient (Wildman–Crippen LogP) is 2.39. The number of likely N-dealkylation sites (N-methyl/N-ethyl adjacent to an activating group) is 1. The molecule has 2 saturated carbocycles. The Bertz CT molecular complexity index is 259. The fourth-order valence-corrected chi connectivity index (χ4v) is 4.37. The molecule has 19 heavy (non-hydrogen) atoms. The molecule has 3 nitrogen and oxygen atoms in total. The van der Waals surface area contributed by atoms with Crippen LogP contribution in [0.3, 0.4) is 0 Å². The Balaban J connectivity index is 1.86. The Labute approximate surface area is 118 Å². The average Bonchev–Trinajstić information content (AvgIpc) is 3.09. The fourth-order valence-electron chi connectivity index (χ4n) is 4.37. The van der Waals surface area contributed by atoms with Crippen LogP contribution in [-0.2, 0) is 0 Å². The topological polar surface area (TPSA) is 35.5 Å². The highest BCUT2D eigenvalue weighted by Crippen LogP contribution is 2.38. The average molecular weight is 268 g/mol. The molecule has 0 aromatic heterocycles. The van der Waals surface area contributed by atoms with E-state index in [2.05, 4.69) is 17.1 Å². The van der Waals surface area contributed by atoms with Gasteiger partial charge in [-0.2, -0.15) is 0 Å². The van der Waals surface area contributed by atoms with Gasteiger partial charge in [-0.1, -0.05) is 26.2 Å². The standard InChI is InChI=1S/C16H32N2O/c1-3-18(15-8-4-5-9-15)12-10-14-7-6-11-16(14,13-19)17-2/h14-15,17,19H,3-13H2,1-2H3. The van der Waals surface area contributed by atoms with Gasteiger partial charge in [0.1, 0.15) is 0 Å². The van der Waals surface area contributed by atoms with Gasteiger partial charge >= 0.3 is 0 Å². The first-order valence-corrected chi connectivity index (χ1v) is 8.29. The van der Waals surface area contributed by atoms with E-state index in [1.165, 1.54) is 58.0 Å². The summed E-state index contributed by atoms with van der Waals surface area (Å²) in [6, 6.07) is 0.838. The first kappa shape index (κ1) is 15.3. The SMILES string of the molecule is CCN(CCC1CCCC1(CO)NC)C1CCCC1. The van der Waals surface area contributed by atoms with Crippen molar-refractivity contribution in [1.29, 1.82) is 0 Å². The molecule has 0 saturated heterocycles. The summed E-state index contributed by atoms with van der Waals surface area (Å²) in [5.74, 6) is 0.651. The lowest BCUT2D eigenvalue weighted by atomic mass is 9.85. The Kier molecular flexibility index (Phi) is 5.67. The third-order valence-corrected chi connectivity index (χ3v) is 5.75. The lowest BCUT2D eigenvalue weighted by molar-refractivity contribution is 0.112. The van der Waals surface area contributed by atoms with Crippen molar-refractivity contribution in [2.45, 2.75) is 69.9 Å². The first-order valence-electron chi connectivity index (χ1n) is 8.29. The van der Waals surface area contributed by atoms with Gasteiger partial charge in [0, 0.05) is 11.6 Å². The molecule has 0 amide bonds. The van der Waals surface area contributed by atoms with Crippen molar-refractivity contribution in [3.05, 3.63) is 0 Å². The molecule has 0 heterocycles. The number of hydrogen-bond donors (Lipinski definition) is 2. The molecular formula is C16H32N2O. The monoisotopic (exact) mass is 268 g/mol. The van der Waals surface area contributed by atoms with Gasteiger partial charge in [-0.3, -0.25) is 0 Å². The molecule has 2 aliphatic carbocycles. The lowest BCUT2D eigenvalue weighted by Crippen LogP contribution is -2.50. The van der Waals surface area contributed by atoms with Gasteiger partial charge in [-0.15, -0.1) is 0 Å². The molecule has 2 fully saturated rings. The number of nitrogens with one attached hydrogen (secondary N) is 1. The number of aliphatic hydroxyl groups excluding tert-OH is 1. The van der Waals surface area contributed by atoms with Crippen LogP contribution >= 0.6 is 0 Å². The second-order valence-corrected chi connectivity index (χ2v) is 6.51. The van der Waals surface area contributed by atoms with E-state index in [0.717, 1.165) is 12.5 Å². The predicted molar refractivity (Wildman–Crippen MR) is 80.3 cm³/mol. The second-order valence-electron chi connectivity index (χ2n) is 6.51. The molecule has 0 bridgehead atoms. The quantitative estimate of drug-likeness (QED) is 0.744. The van der Waals surface area contributed by atoms with E-state index in [9.17, 15) is 5.11 Å². The van der Waals surface area contributed by atoms with Crippen molar-refractivity contribution in [1.82, 2.24) is 10.2 Å². The van der Waals surface area contributed by atoms with E-state index < -0.39 is 0 Å². The van der Waals surface area contributed by atoms with E-state index >= 15 is 0 Å².